The Morgan fingerprint density at radius 2 is 1.81 bits per heavy atom. The molecule has 0 saturated heterocycles. The fourth-order valence-corrected chi connectivity index (χ4v) is 1.81. The van der Waals surface area contributed by atoms with Crippen molar-refractivity contribution in [1.29, 1.82) is 0 Å². The van der Waals surface area contributed by atoms with E-state index >= 15 is 0 Å². The molecule has 0 atom stereocenters. The Morgan fingerprint density at radius 1 is 1.14 bits per heavy atom. The maximum absolute atomic E-state index is 13.1. The Morgan fingerprint density at radius 3 is 2.43 bits per heavy atom. The van der Waals surface area contributed by atoms with Crippen LogP contribution in [0.5, 0.6) is 0 Å². The first-order chi connectivity index (χ1) is 9.54. The molecule has 21 heavy (non-hydrogen) atoms. The topological polar surface area (TPSA) is 50.4 Å². The van der Waals surface area contributed by atoms with Gasteiger partial charge < -0.3 is 11.1 Å². The van der Waals surface area contributed by atoms with Crippen LogP contribution in [0.3, 0.4) is 0 Å². The zero-order valence-corrected chi connectivity index (χ0v) is 14.4. The fourth-order valence-electron chi connectivity index (χ4n) is 1.81. The van der Waals surface area contributed by atoms with E-state index in [9.17, 15) is 4.39 Å². The molecule has 5 heteroatoms. The molecule has 0 bridgehead atoms. The number of guanidine groups is 1. The van der Waals surface area contributed by atoms with Gasteiger partial charge >= 0.3 is 0 Å². The molecule has 0 spiro atoms. The normalized spacial score (nSPS) is 10.9. The number of nitrogens with one attached hydrogen (secondary N) is 1. The van der Waals surface area contributed by atoms with Gasteiger partial charge in [0.2, 0.25) is 0 Å². The van der Waals surface area contributed by atoms with E-state index in [0.717, 1.165) is 11.3 Å². The van der Waals surface area contributed by atoms with E-state index in [-0.39, 0.29) is 29.8 Å². The third kappa shape index (κ3) is 5.34. The van der Waals surface area contributed by atoms with E-state index in [1.54, 1.807) is 19.1 Å². The molecule has 3 N–H and O–H groups in total. The van der Waals surface area contributed by atoms with Gasteiger partial charge in [-0.25, -0.2) is 9.38 Å². The maximum Gasteiger partial charge on any atom is 0.193 e. The van der Waals surface area contributed by atoms with Crippen molar-refractivity contribution in [2.24, 2.45) is 10.7 Å². The molecule has 2 aromatic carbocycles. The Balaban J connectivity index is 0.00000220. The molecule has 0 unspecified atom stereocenters. The van der Waals surface area contributed by atoms with Gasteiger partial charge in [-0.3, -0.25) is 0 Å². The first-order valence-electron chi connectivity index (χ1n) is 6.43. The van der Waals surface area contributed by atoms with Crippen LogP contribution >= 0.6 is 24.0 Å². The largest absolute Gasteiger partial charge is 0.370 e. The van der Waals surface area contributed by atoms with Gasteiger partial charge in [0.15, 0.2) is 5.96 Å². The van der Waals surface area contributed by atoms with Crippen molar-refractivity contribution in [3.8, 4) is 0 Å². The molecule has 0 aliphatic carbocycles. The molecule has 3 nitrogen and oxygen atoms in total. The molecule has 0 fully saturated rings. The van der Waals surface area contributed by atoms with Crippen LogP contribution in [0.1, 0.15) is 16.7 Å². The standard InChI is InChI=1S/C16H18FN3.HI/c1-11-3-6-14(7-4-11)20-16(18)19-10-13-5-8-15(17)12(2)9-13;/h3-9H,10H2,1-2H3,(H3,18,19,20);1H. The second-order valence-electron chi connectivity index (χ2n) is 4.78. The average Bonchev–Trinajstić information content (AvgIpc) is 2.43. The van der Waals surface area contributed by atoms with Crippen LogP contribution in [0.2, 0.25) is 0 Å². The van der Waals surface area contributed by atoms with Gasteiger partial charge in [-0.1, -0.05) is 29.8 Å². The SMILES string of the molecule is Cc1ccc(NC(N)=NCc2ccc(F)c(C)c2)cc1.I. The summed E-state index contributed by atoms with van der Waals surface area (Å²) in [4.78, 5) is 4.24. The van der Waals surface area contributed by atoms with E-state index in [4.69, 9.17) is 5.73 Å². The summed E-state index contributed by atoms with van der Waals surface area (Å²) in [5.41, 5.74) is 9.45. The molecule has 2 rings (SSSR count). The van der Waals surface area contributed by atoms with Crippen LogP contribution in [0.25, 0.3) is 0 Å². The number of nitrogens with two attached hydrogens (primary N) is 1. The number of hydrogen-bond donors (Lipinski definition) is 2. The Hall–Kier alpha value is -1.63. The fraction of sp³-hybridized carbons (Fsp3) is 0.188. The highest BCUT2D eigenvalue weighted by Gasteiger charge is 1.99. The minimum Gasteiger partial charge on any atom is -0.370 e. The van der Waals surface area contributed by atoms with Crippen molar-refractivity contribution in [2.75, 3.05) is 5.32 Å². The summed E-state index contributed by atoms with van der Waals surface area (Å²) >= 11 is 0. The number of aliphatic imine (C=N–C) groups is 1. The number of halogens is 2. The van der Waals surface area contributed by atoms with Gasteiger partial charge in [-0.15, -0.1) is 24.0 Å². The first-order valence-corrected chi connectivity index (χ1v) is 6.43. The van der Waals surface area contributed by atoms with E-state index in [2.05, 4.69) is 10.3 Å². The van der Waals surface area contributed by atoms with E-state index in [1.165, 1.54) is 11.6 Å². The molecule has 112 valence electrons. The monoisotopic (exact) mass is 399 g/mol. The van der Waals surface area contributed by atoms with Gasteiger partial charge in [0.05, 0.1) is 6.54 Å². The highest BCUT2D eigenvalue weighted by atomic mass is 127. The van der Waals surface area contributed by atoms with Gasteiger partial charge in [0, 0.05) is 5.69 Å². The Bertz CT molecular complexity index is 624. The van der Waals surface area contributed by atoms with Gasteiger partial charge in [0.1, 0.15) is 5.82 Å². The summed E-state index contributed by atoms with van der Waals surface area (Å²) in [6.45, 7) is 4.18. The number of hydrogen-bond acceptors (Lipinski definition) is 1. The maximum atomic E-state index is 13.1. The predicted octanol–water partition coefficient (Wildman–Crippen LogP) is 3.99. The molecular weight excluding hydrogens is 380 g/mol. The molecule has 2 aromatic rings. The minimum absolute atomic E-state index is 0. The van der Waals surface area contributed by atoms with Crippen molar-refractivity contribution < 1.29 is 4.39 Å². The third-order valence-electron chi connectivity index (χ3n) is 2.98. The van der Waals surface area contributed by atoms with Crippen LogP contribution in [0.15, 0.2) is 47.5 Å². The van der Waals surface area contributed by atoms with Crippen LogP contribution < -0.4 is 11.1 Å². The highest BCUT2D eigenvalue weighted by molar-refractivity contribution is 14.0. The first kappa shape index (κ1) is 17.4. The van der Waals surface area contributed by atoms with Crippen LogP contribution in [0.4, 0.5) is 10.1 Å². The van der Waals surface area contributed by atoms with Crippen LogP contribution in [-0.2, 0) is 6.54 Å². The van der Waals surface area contributed by atoms with Crippen LogP contribution in [-0.4, -0.2) is 5.96 Å². The molecule has 0 saturated carbocycles. The zero-order chi connectivity index (χ0) is 14.5. The predicted molar refractivity (Wildman–Crippen MR) is 96.7 cm³/mol. The van der Waals surface area contributed by atoms with Crippen molar-refractivity contribution in [1.82, 2.24) is 0 Å². The minimum atomic E-state index is -0.205. The van der Waals surface area contributed by atoms with Crippen LogP contribution in [0, 0.1) is 19.7 Å². The lowest BCUT2D eigenvalue weighted by Gasteiger charge is -2.06. The Kier molecular flexibility index (Phi) is 6.61. The summed E-state index contributed by atoms with van der Waals surface area (Å²) in [5, 5.41) is 3.02. The number of nitrogens with zero attached hydrogens (tertiary/aromatic N) is 1. The second kappa shape index (κ2) is 7.97. The Labute approximate surface area is 141 Å². The van der Waals surface area contributed by atoms with E-state index in [0.29, 0.717) is 18.1 Å². The quantitative estimate of drug-likeness (QED) is 0.466. The van der Waals surface area contributed by atoms with E-state index < -0.39 is 0 Å². The number of benzene rings is 2. The highest BCUT2D eigenvalue weighted by Crippen LogP contribution is 2.11. The average molecular weight is 399 g/mol. The molecule has 0 aliphatic rings. The van der Waals surface area contributed by atoms with Crippen molar-refractivity contribution in [3.63, 3.8) is 0 Å². The number of aryl methyl sites for hydroxylation is 2. The van der Waals surface area contributed by atoms with Crippen molar-refractivity contribution in [2.45, 2.75) is 20.4 Å². The molecule has 0 aromatic heterocycles. The molecule has 0 radical (unpaired) electrons. The van der Waals surface area contributed by atoms with Gasteiger partial charge in [-0.2, -0.15) is 0 Å². The van der Waals surface area contributed by atoms with E-state index in [1.807, 2.05) is 31.2 Å². The number of rotatable bonds is 3. The van der Waals surface area contributed by atoms with Crippen molar-refractivity contribution in [3.05, 3.63) is 65.0 Å². The molecular formula is C16H19FIN3. The summed E-state index contributed by atoms with van der Waals surface area (Å²) in [6.07, 6.45) is 0. The smallest absolute Gasteiger partial charge is 0.193 e. The third-order valence-corrected chi connectivity index (χ3v) is 2.98. The van der Waals surface area contributed by atoms with Gasteiger partial charge in [-0.05, 0) is 43.2 Å². The second-order valence-corrected chi connectivity index (χ2v) is 4.78. The van der Waals surface area contributed by atoms with Gasteiger partial charge in [0.25, 0.3) is 0 Å². The summed E-state index contributed by atoms with van der Waals surface area (Å²) < 4.78 is 13.1. The summed E-state index contributed by atoms with van der Waals surface area (Å²) in [6, 6.07) is 12.8. The number of anilines is 1. The molecule has 0 heterocycles. The molecule has 0 aliphatic heterocycles. The summed E-state index contributed by atoms with van der Waals surface area (Å²) in [7, 11) is 0. The summed E-state index contributed by atoms with van der Waals surface area (Å²) in [5.74, 6) is 0.138. The lowest BCUT2D eigenvalue weighted by Crippen LogP contribution is -2.22. The lowest BCUT2D eigenvalue weighted by atomic mass is 10.1. The van der Waals surface area contributed by atoms with Crippen molar-refractivity contribution >= 4 is 35.6 Å². The zero-order valence-electron chi connectivity index (χ0n) is 12.1. The lowest BCUT2D eigenvalue weighted by molar-refractivity contribution is 0.617. The molecule has 0 amide bonds.